The van der Waals surface area contributed by atoms with Crippen molar-refractivity contribution >= 4 is 34.4 Å². The van der Waals surface area contributed by atoms with E-state index in [0.717, 1.165) is 34.9 Å². The summed E-state index contributed by atoms with van der Waals surface area (Å²) in [6.07, 6.45) is 2.60. The van der Waals surface area contributed by atoms with Crippen LogP contribution in [0.15, 0.2) is 18.2 Å². The van der Waals surface area contributed by atoms with E-state index in [1.807, 2.05) is 12.1 Å². The van der Waals surface area contributed by atoms with Gasteiger partial charge in [0, 0.05) is 21.3 Å². The Morgan fingerprint density at radius 3 is 2.55 bits per heavy atom. The van der Waals surface area contributed by atoms with Gasteiger partial charge in [-0.15, -0.1) is 0 Å². The standard InChI is InChI=1S/C14H16IN3O2/c15-12-6-1-9(8-16)7-13(12)17-10-2-4-11(5-3-10)18-14(19)20/h1,6-7,10-11,17-18H,2-5H2,(H,19,20). The van der Waals surface area contributed by atoms with Crippen molar-refractivity contribution in [3.63, 3.8) is 0 Å². The van der Waals surface area contributed by atoms with E-state index in [1.54, 1.807) is 6.07 Å². The van der Waals surface area contributed by atoms with E-state index in [2.05, 4.69) is 39.3 Å². The second-order valence-electron chi connectivity index (χ2n) is 4.95. The van der Waals surface area contributed by atoms with Crippen LogP contribution in [0.1, 0.15) is 31.2 Å². The molecule has 1 fully saturated rings. The Labute approximate surface area is 131 Å². The maximum Gasteiger partial charge on any atom is 0.404 e. The molecular formula is C14H16IN3O2. The van der Waals surface area contributed by atoms with Gasteiger partial charge >= 0.3 is 6.09 Å². The fraction of sp³-hybridized carbons (Fsp3) is 0.429. The highest BCUT2D eigenvalue weighted by molar-refractivity contribution is 14.1. The maximum atomic E-state index is 10.6. The summed E-state index contributed by atoms with van der Waals surface area (Å²) < 4.78 is 1.09. The SMILES string of the molecule is N#Cc1ccc(I)c(NC2CCC(NC(=O)O)CC2)c1. The number of hydrogen-bond donors (Lipinski definition) is 3. The number of nitriles is 1. The van der Waals surface area contributed by atoms with Crippen molar-refractivity contribution in [1.29, 1.82) is 5.26 Å². The van der Waals surface area contributed by atoms with Crippen LogP contribution >= 0.6 is 22.6 Å². The molecule has 106 valence electrons. The van der Waals surface area contributed by atoms with Gasteiger partial charge in [0.1, 0.15) is 0 Å². The molecule has 0 radical (unpaired) electrons. The number of anilines is 1. The third-order valence-corrected chi connectivity index (χ3v) is 4.45. The summed E-state index contributed by atoms with van der Waals surface area (Å²) >= 11 is 2.25. The molecule has 0 saturated heterocycles. The zero-order chi connectivity index (χ0) is 14.5. The molecule has 1 aliphatic rings. The molecule has 0 aliphatic heterocycles. The Kier molecular flexibility index (Phi) is 5.06. The fourth-order valence-electron chi connectivity index (χ4n) is 2.48. The molecule has 3 N–H and O–H groups in total. The lowest BCUT2D eigenvalue weighted by molar-refractivity contribution is 0.185. The van der Waals surface area contributed by atoms with E-state index in [-0.39, 0.29) is 6.04 Å². The Bertz CT molecular complexity index is 534. The Hall–Kier alpha value is -1.49. The lowest BCUT2D eigenvalue weighted by Crippen LogP contribution is -2.39. The number of carboxylic acid groups (broad SMARTS) is 1. The molecule has 0 heterocycles. The fourth-order valence-corrected chi connectivity index (χ4v) is 2.97. The molecule has 6 heteroatoms. The summed E-state index contributed by atoms with van der Waals surface area (Å²) in [4.78, 5) is 10.6. The van der Waals surface area contributed by atoms with E-state index in [9.17, 15) is 4.79 Å². The summed E-state index contributed by atoms with van der Waals surface area (Å²) in [7, 11) is 0. The van der Waals surface area contributed by atoms with E-state index >= 15 is 0 Å². The third kappa shape index (κ3) is 4.00. The largest absolute Gasteiger partial charge is 0.465 e. The van der Waals surface area contributed by atoms with Crippen LogP contribution in [0.25, 0.3) is 0 Å². The Balaban J connectivity index is 1.93. The van der Waals surface area contributed by atoms with E-state index in [1.165, 1.54) is 0 Å². The van der Waals surface area contributed by atoms with Crippen molar-refractivity contribution in [2.24, 2.45) is 0 Å². The lowest BCUT2D eigenvalue weighted by atomic mass is 9.91. The summed E-state index contributed by atoms with van der Waals surface area (Å²) in [5.41, 5.74) is 1.63. The average Bonchev–Trinajstić information content (AvgIpc) is 2.43. The van der Waals surface area contributed by atoms with Crippen LogP contribution in [0, 0.1) is 14.9 Å². The number of nitrogens with zero attached hydrogens (tertiary/aromatic N) is 1. The molecule has 5 nitrogen and oxygen atoms in total. The molecule has 0 unspecified atom stereocenters. The van der Waals surface area contributed by atoms with Crippen LogP contribution in [0.5, 0.6) is 0 Å². The van der Waals surface area contributed by atoms with Crippen molar-refractivity contribution in [3.05, 3.63) is 27.3 Å². The molecule has 0 atom stereocenters. The smallest absolute Gasteiger partial charge is 0.404 e. The highest BCUT2D eigenvalue weighted by Gasteiger charge is 2.22. The maximum absolute atomic E-state index is 10.6. The minimum Gasteiger partial charge on any atom is -0.465 e. The van der Waals surface area contributed by atoms with Gasteiger partial charge in [0.2, 0.25) is 0 Å². The van der Waals surface area contributed by atoms with Crippen LogP contribution in [0.4, 0.5) is 10.5 Å². The van der Waals surface area contributed by atoms with Crippen LogP contribution in [-0.2, 0) is 0 Å². The Morgan fingerprint density at radius 2 is 1.95 bits per heavy atom. The normalized spacial score (nSPS) is 21.8. The molecule has 0 spiro atoms. The number of carbonyl (C=O) groups is 1. The predicted octanol–water partition coefficient (Wildman–Crippen LogP) is 3.15. The van der Waals surface area contributed by atoms with Gasteiger partial charge in [-0.1, -0.05) is 0 Å². The lowest BCUT2D eigenvalue weighted by Gasteiger charge is -2.29. The van der Waals surface area contributed by atoms with Crippen LogP contribution in [0.2, 0.25) is 0 Å². The number of amides is 1. The van der Waals surface area contributed by atoms with Crippen molar-refractivity contribution in [2.45, 2.75) is 37.8 Å². The monoisotopic (exact) mass is 385 g/mol. The first-order valence-electron chi connectivity index (χ1n) is 6.54. The molecule has 20 heavy (non-hydrogen) atoms. The second kappa shape index (κ2) is 6.79. The van der Waals surface area contributed by atoms with Crippen LogP contribution in [0.3, 0.4) is 0 Å². The van der Waals surface area contributed by atoms with Gasteiger partial charge in [-0.2, -0.15) is 5.26 Å². The van der Waals surface area contributed by atoms with E-state index in [0.29, 0.717) is 11.6 Å². The number of nitrogens with one attached hydrogen (secondary N) is 2. The molecule has 1 aliphatic carbocycles. The average molecular weight is 385 g/mol. The second-order valence-corrected chi connectivity index (χ2v) is 6.11. The van der Waals surface area contributed by atoms with Crippen molar-refractivity contribution in [2.75, 3.05) is 5.32 Å². The number of halogens is 1. The van der Waals surface area contributed by atoms with Gasteiger partial charge in [-0.25, -0.2) is 4.79 Å². The molecule has 2 rings (SSSR count). The summed E-state index contributed by atoms with van der Waals surface area (Å²) in [6.45, 7) is 0. The van der Waals surface area contributed by atoms with E-state index in [4.69, 9.17) is 10.4 Å². The minimum atomic E-state index is -0.947. The molecular weight excluding hydrogens is 369 g/mol. The molecule has 0 bridgehead atoms. The third-order valence-electron chi connectivity index (χ3n) is 3.51. The molecule has 1 aromatic rings. The topological polar surface area (TPSA) is 85.2 Å². The Morgan fingerprint density at radius 1 is 1.30 bits per heavy atom. The first-order chi connectivity index (χ1) is 9.58. The first-order valence-corrected chi connectivity index (χ1v) is 7.62. The van der Waals surface area contributed by atoms with Crippen molar-refractivity contribution in [3.8, 4) is 6.07 Å². The van der Waals surface area contributed by atoms with Gasteiger partial charge in [-0.3, -0.25) is 0 Å². The predicted molar refractivity (Wildman–Crippen MR) is 84.7 cm³/mol. The zero-order valence-electron chi connectivity index (χ0n) is 10.9. The van der Waals surface area contributed by atoms with Gasteiger partial charge in [0.15, 0.2) is 0 Å². The van der Waals surface area contributed by atoms with Crippen molar-refractivity contribution in [1.82, 2.24) is 5.32 Å². The first kappa shape index (κ1) is 14.9. The van der Waals surface area contributed by atoms with Gasteiger partial charge in [0.05, 0.1) is 11.6 Å². The van der Waals surface area contributed by atoms with Crippen LogP contribution in [-0.4, -0.2) is 23.3 Å². The van der Waals surface area contributed by atoms with Crippen molar-refractivity contribution < 1.29 is 9.90 Å². The molecule has 1 amide bonds. The quantitative estimate of drug-likeness (QED) is 0.698. The summed E-state index contributed by atoms with van der Waals surface area (Å²) in [6, 6.07) is 8.14. The molecule has 1 saturated carbocycles. The number of benzene rings is 1. The molecule has 1 aromatic carbocycles. The highest BCUT2D eigenvalue weighted by Crippen LogP contribution is 2.26. The summed E-state index contributed by atoms with van der Waals surface area (Å²) in [5, 5.41) is 23.6. The zero-order valence-corrected chi connectivity index (χ0v) is 13.1. The minimum absolute atomic E-state index is 0.0649. The number of rotatable bonds is 3. The van der Waals surface area contributed by atoms with Crippen LogP contribution < -0.4 is 10.6 Å². The van der Waals surface area contributed by atoms with Gasteiger partial charge in [-0.05, 0) is 66.5 Å². The highest BCUT2D eigenvalue weighted by atomic mass is 127. The molecule has 0 aromatic heterocycles. The summed E-state index contributed by atoms with van der Waals surface area (Å²) in [5.74, 6) is 0. The van der Waals surface area contributed by atoms with Gasteiger partial charge < -0.3 is 15.7 Å². The number of hydrogen-bond acceptors (Lipinski definition) is 3. The van der Waals surface area contributed by atoms with E-state index < -0.39 is 6.09 Å². The van der Waals surface area contributed by atoms with Gasteiger partial charge in [0.25, 0.3) is 0 Å².